The van der Waals surface area contributed by atoms with E-state index in [9.17, 15) is 13.0 Å². The first-order valence-electron chi connectivity index (χ1n) is 8.20. The fourth-order valence-corrected chi connectivity index (χ4v) is 3.88. The van der Waals surface area contributed by atoms with Gasteiger partial charge < -0.3 is 17.2 Å². The molecule has 0 amide bonds. The van der Waals surface area contributed by atoms with Gasteiger partial charge in [0.1, 0.15) is 4.90 Å². The van der Waals surface area contributed by atoms with Crippen LogP contribution in [0.15, 0.2) is 67.1 Å². The largest absolute Gasteiger partial charge is 0.370 e. The molecule has 0 atom stereocenters. The van der Waals surface area contributed by atoms with Crippen LogP contribution in [-0.4, -0.2) is 24.9 Å². The summed E-state index contributed by atoms with van der Waals surface area (Å²) in [4.78, 5) is 8.52. The van der Waals surface area contributed by atoms with E-state index in [1.807, 2.05) is 24.3 Å². The Bertz CT molecular complexity index is 1020. The fraction of sp³-hybridized carbons (Fsp3) is 0.222. The third kappa shape index (κ3) is 5.98. The summed E-state index contributed by atoms with van der Waals surface area (Å²) in [6, 6.07) is 12.4. The van der Waals surface area contributed by atoms with E-state index >= 15 is 0 Å². The van der Waals surface area contributed by atoms with Gasteiger partial charge in [0.15, 0.2) is 5.96 Å². The monoisotopic (exact) mass is 421 g/mol. The van der Waals surface area contributed by atoms with E-state index in [-0.39, 0.29) is 23.0 Å². The van der Waals surface area contributed by atoms with Crippen molar-refractivity contribution in [1.82, 2.24) is 0 Å². The van der Waals surface area contributed by atoms with Crippen molar-refractivity contribution in [3.63, 3.8) is 0 Å². The molecule has 2 aromatic rings. The molecule has 0 fully saturated rings. The molecule has 0 spiro atoms. The smallest absolute Gasteiger partial charge is 0.296 e. The van der Waals surface area contributed by atoms with Gasteiger partial charge in [-0.2, -0.15) is 13.4 Å². The molecule has 0 aliphatic rings. The van der Waals surface area contributed by atoms with Gasteiger partial charge in [0.25, 0.3) is 10.1 Å². The highest BCUT2D eigenvalue weighted by Gasteiger charge is 2.18. The van der Waals surface area contributed by atoms with E-state index in [1.54, 1.807) is 6.07 Å². The van der Waals surface area contributed by atoms with Crippen LogP contribution < -0.4 is 17.2 Å². The normalized spacial score (nSPS) is 12.6. The number of nitrogens with two attached hydrogens (primary N) is 3. The van der Waals surface area contributed by atoms with E-state index in [0.717, 1.165) is 4.90 Å². The van der Waals surface area contributed by atoms with Crippen molar-refractivity contribution in [2.75, 3.05) is 0 Å². The third-order valence-electron chi connectivity index (χ3n) is 3.64. The van der Waals surface area contributed by atoms with E-state index in [1.165, 1.54) is 29.5 Å². The minimum absolute atomic E-state index is 0.0380. The zero-order chi connectivity index (χ0) is 21.1. The predicted molar refractivity (Wildman–Crippen MR) is 113 cm³/mol. The van der Waals surface area contributed by atoms with Gasteiger partial charge in [-0.05, 0) is 41.3 Å². The number of hydrogen-bond donors (Lipinski definition) is 4. The first-order valence-corrected chi connectivity index (χ1v) is 10.5. The van der Waals surface area contributed by atoms with Gasteiger partial charge in [-0.15, -0.1) is 0 Å². The van der Waals surface area contributed by atoms with Crippen molar-refractivity contribution in [2.24, 2.45) is 27.2 Å². The zero-order valence-corrected chi connectivity index (χ0v) is 17.4. The molecule has 0 aliphatic carbocycles. The fourth-order valence-electron chi connectivity index (χ4n) is 2.30. The van der Waals surface area contributed by atoms with Crippen molar-refractivity contribution < 1.29 is 13.0 Å². The highest BCUT2D eigenvalue weighted by molar-refractivity contribution is 7.99. The molecule has 0 saturated heterocycles. The van der Waals surface area contributed by atoms with Gasteiger partial charge in [-0.25, -0.2) is 4.99 Å². The van der Waals surface area contributed by atoms with Gasteiger partial charge in [0.05, 0.1) is 5.69 Å². The molecule has 0 heterocycles. The van der Waals surface area contributed by atoms with Gasteiger partial charge >= 0.3 is 0 Å². The Kier molecular flexibility index (Phi) is 6.37. The molecule has 2 rings (SSSR count). The second kappa shape index (κ2) is 8.21. The molecular formula is C18H23N5O3S2. The molecule has 7 N–H and O–H groups in total. The first-order chi connectivity index (χ1) is 12.9. The Balaban J connectivity index is 2.39. The van der Waals surface area contributed by atoms with Gasteiger partial charge in [0, 0.05) is 9.79 Å². The molecule has 28 heavy (non-hydrogen) atoms. The SMILES string of the molecule is CC(C)(C)c1ccc(Sc2ccc(N=C(N)N=C(N)N)c(S(=O)(=O)O)c2)cc1. The summed E-state index contributed by atoms with van der Waals surface area (Å²) in [5, 5.41) is 0. The molecule has 10 heteroatoms. The number of aliphatic imine (C=N–C) groups is 2. The lowest BCUT2D eigenvalue weighted by Gasteiger charge is -2.19. The molecule has 150 valence electrons. The predicted octanol–water partition coefficient (Wildman–Crippen LogP) is 2.60. The van der Waals surface area contributed by atoms with Crippen LogP contribution in [0.4, 0.5) is 5.69 Å². The van der Waals surface area contributed by atoms with Crippen LogP contribution in [0.2, 0.25) is 0 Å². The van der Waals surface area contributed by atoms with Crippen LogP contribution in [-0.2, 0) is 15.5 Å². The minimum Gasteiger partial charge on any atom is -0.370 e. The van der Waals surface area contributed by atoms with Crippen molar-refractivity contribution in [2.45, 2.75) is 40.9 Å². The summed E-state index contributed by atoms with van der Waals surface area (Å²) in [5.74, 6) is -0.649. The maximum atomic E-state index is 11.8. The second-order valence-electron chi connectivity index (χ2n) is 6.99. The lowest BCUT2D eigenvalue weighted by molar-refractivity contribution is 0.483. The highest BCUT2D eigenvalue weighted by atomic mass is 32.2. The molecule has 2 aromatic carbocycles. The van der Waals surface area contributed by atoms with Crippen LogP contribution >= 0.6 is 11.8 Å². The van der Waals surface area contributed by atoms with Crippen molar-refractivity contribution in [3.8, 4) is 0 Å². The topological polar surface area (TPSA) is 157 Å². The maximum absolute atomic E-state index is 11.8. The van der Waals surface area contributed by atoms with E-state index in [4.69, 9.17) is 17.2 Å². The van der Waals surface area contributed by atoms with Crippen LogP contribution in [0, 0.1) is 0 Å². The molecule has 8 nitrogen and oxygen atoms in total. The molecular weight excluding hydrogens is 398 g/mol. The van der Waals surface area contributed by atoms with E-state index in [0.29, 0.717) is 4.90 Å². The van der Waals surface area contributed by atoms with Gasteiger partial charge in [-0.1, -0.05) is 44.7 Å². The second-order valence-corrected chi connectivity index (χ2v) is 9.52. The number of benzene rings is 2. The van der Waals surface area contributed by atoms with E-state index in [2.05, 4.69) is 30.8 Å². The molecule has 0 unspecified atom stereocenters. The first kappa shape index (κ1) is 21.7. The van der Waals surface area contributed by atoms with Crippen LogP contribution in [0.1, 0.15) is 26.3 Å². The highest BCUT2D eigenvalue weighted by Crippen LogP contribution is 2.34. The van der Waals surface area contributed by atoms with Crippen molar-refractivity contribution in [1.29, 1.82) is 0 Å². The van der Waals surface area contributed by atoms with Crippen molar-refractivity contribution >= 4 is 39.5 Å². The van der Waals surface area contributed by atoms with Crippen molar-refractivity contribution in [3.05, 3.63) is 48.0 Å². The Morgan fingerprint density at radius 2 is 1.57 bits per heavy atom. The average Bonchev–Trinajstić information content (AvgIpc) is 2.54. The maximum Gasteiger partial charge on any atom is 0.296 e. The lowest BCUT2D eigenvalue weighted by Crippen LogP contribution is -2.26. The molecule has 0 radical (unpaired) electrons. The van der Waals surface area contributed by atoms with Gasteiger partial charge in [0.2, 0.25) is 5.96 Å². The average molecular weight is 422 g/mol. The number of hydrogen-bond acceptors (Lipinski definition) is 4. The summed E-state index contributed by atoms with van der Waals surface area (Å²) < 4.78 is 33.1. The minimum atomic E-state index is -4.54. The Morgan fingerprint density at radius 3 is 2.07 bits per heavy atom. The third-order valence-corrected chi connectivity index (χ3v) is 5.52. The summed E-state index contributed by atoms with van der Waals surface area (Å²) in [6.45, 7) is 6.38. The summed E-state index contributed by atoms with van der Waals surface area (Å²) >= 11 is 1.35. The Labute approximate surface area is 168 Å². The number of rotatable bonds is 4. The van der Waals surface area contributed by atoms with Crippen LogP contribution in [0.3, 0.4) is 0 Å². The van der Waals surface area contributed by atoms with Crippen LogP contribution in [0.25, 0.3) is 0 Å². The number of nitrogens with zero attached hydrogens (tertiary/aromatic N) is 2. The quantitative estimate of drug-likeness (QED) is 0.335. The molecule has 0 aliphatic heterocycles. The molecule has 0 bridgehead atoms. The summed E-state index contributed by atoms with van der Waals surface area (Å²) in [6.07, 6.45) is 0. The Morgan fingerprint density at radius 1 is 1.00 bits per heavy atom. The van der Waals surface area contributed by atoms with Crippen LogP contribution in [0.5, 0.6) is 0 Å². The summed E-state index contributed by atoms with van der Waals surface area (Å²) in [7, 11) is -4.54. The molecule has 0 saturated carbocycles. The van der Waals surface area contributed by atoms with Gasteiger partial charge in [-0.3, -0.25) is 4.55 Å². The Hall–Kier alpha value is -2.56. The zero-order valence-electron chi connectivity index (χ0n) is 15.7. The molecule has 0 aromatic heterocycles. The number of guanidine groups is 2. The van der Waals surface area contributed by atoms with E-state index < -0.39 is 15.0 Å². The standard InChI is InChI=1S/C18H23N5O3S2/c1-18(2,3)11-4-6-12(7-5-11)27-13-8-9-14(15(10-13)28(24,25)26)22-17(21)23-16(19)20/h4-10H,1-3H3,(H,24,25,26)(H6,19,20,21,22,23). The lowest BCUT2D eigenvalue weighted by atomic mass is 9.87. The summed E-state index contributed by atoms with van der Waals surface area (Å²) in [5.41, 5.74) is 17.1.